The van der Waals surface area contributed by atoms with Crippen molar-refractivity contribution in [1.82, 2.24) is 4.90 Å². The van der Waals surface area contributed by atoms with Gasteiger partial charge in [0, 0.05) is 39.7 Å². The Morgan fingerprint density at radius 1 is 0.806 bits per heavy atom. The van der Waals surface area contributed by atoms with Crippen molar-refractivity contribution < 1.29 is 39.3 Å². The molecular weight excluding hydrogens is 447 g/mol. The molecule has 0 bridgehead atoms. The predicted octanol–water partition coefficient (Wildman–Crippen LogP) is 5.39. The van der Waals surface area contributed by atoms with Gasteiger partial charge in [-0.25, -0.2) is 4.57 Å². The molecule has 1 aliphatic rings. The fourth-order valence-electron chi connectivity index (χ4n) is 3.17. The van der Waals surface area contributed by atoms with Crippen LogP contribution in [0.4, 0.5) is 30.9 Å². The maximum Gasteiger partial charge on any atom is 0.261 e. The Hall–Kier alpha value is -3.20. The van der Waals surface area contributed by atoms with E-state index in [1.807, 2.05) is 41.2 Å². The van der Waals surface area contributed by atoms with Gasteiger partial charge in [0.2, 0.25) is 0 Å². The van der Waals surface area contributed by atoms with Gasteiger partial charge in [-0.3, -0.25) is 14.5 Å². The number of nitrogen functional groups attached to an aromatic ring is 1. The minimum atomic E-state index is -10.7. The number of rotatable bonds is 3. The first kappa shape index (κ1) is 22.5. The predicted molar refractivity (Wildman–Crippen MR) is 104 cm³/mol. The Labute approximate surface area is 171 Å². The van der Waals surface area contributed by atoms with Crippen LogP contribution in [0.3, 0.4) is 0 Å². The van der Waals surface area contributed by atoms with Crippen molar-refractivity contribution in [3.8, 4) is 0 Å². The number of anilines is 1. The number of aromatic nitrogens is 1. The fraction of sp³-hybridized carbons (Fsp3) is 0.105. The van der Waals surface area contributed by atoms with E-state index in [1.165, 1.54) is 4.90 Å². The quantitative estimate of drug-likeness (QED) is 0.186. The summed E-state index contributed by atoms with van der Waals surface area (Å²) in [4.78, 5) is 26.9. The van der Waals surface area contributed by atoms with Crippen molar-refractivity contribution in [2.45, 2.75) is 6.54 Å². The number of nitrogens with zero attached hydrogens (tertiary/aromatic N) is 2. The van der Waals surface area contributed by atoms with E-state index in [0.29, 0.717) is 35.3 Å². The zero-order chi connectivity index (χ0) is 23.1. The minimum absolute atomic E-state index is 0.264. The standard InChI is InChI=1S/C19H15N3O2.F6P/c20-16-8-7-15-17-13(16)5-4-6-14(17)18(23)22(19(15)24)12-11-21-9-2-1-3-10-21;1-7(2,3,4,5)6/h1-10H,11-12H2,(H-,20,23,24);/q;-1/p+1. The maximum absolute atomic E-state index is 12.8. The number of pyridine rings is 1. The van der Waals surface area contributed by atoms with Crippen LogP contribution in [0.15, 0.2) is 60.9 Å². The second-order valence-corrected chi connectivity index (χ2v) is 8.68. The van der Waals surface area contributed by atoms with Gasteiger partial charge in [0.1, 0.15) is 0 Å². The summed E-state index contributed by atoms with van der Waals surface area (Å²) in [6.45, 7) is 0.880. The van der Waals surface area contributed by atoms with E-state index < -0.39 is 7.81 Å². The van der Waals surface area contributed by atoms with Crippen molar-refractivity contribution in [3.63, 3.8) is 0 Å². The molecule has 5 nitrogen and oxygen atoms in total. The summed E-state index contributed by atoms with van der Waals surface area (Å²) < 4.78 is 61.1. The molecule has 2 amide bonds. The number of hydrogen-bond acceptors (Lipinski definition) is 3. The molecule has 0 saturated heterocycles. The summed E-state index contributed by atoms with van der Waals surface area (Å²) in [6.07, 6.45) is 3.82. The van der Waals surface area contributed by atoms with E-state index in [1.54, 1.807) is 24.3 Å². The second-order valence-electron chi connectivity index (χ2n) is 6.76. The Balaban J connectivity index is 0.000000339. The fourth-order valence-corrected chi connectivity index (χ4v) is 3.17. The van der Waals surface area contributed by atoms with E-state index in [-0.39, 0.29) is 11.8 Å². The molecule has 0 spiro atoms. The molecule has 0 unspecified atom stereocenters. The third kappa shape index (κ3) is 5.91. The number of carbonyl (C=O) groups excluding carboxylic acids is 2. The Kier molecular flexibility index (Phi) is 5.01. The molecule has 2 heterocycles. The van der Waals surface area contributed by atoms with Gasteiger partial charge in [-0.2, -0.15) is 0 Å². The smallest absolute Gasteiger partial charge is 0.261 e. The normalized spacial score (nSPS) is 15.7. The average Bonchev–Trinajstić information content (AvgIpc) is 2.65. The molecule has 0 saturated carbocycles. The van der Waals surface area contributed by atoms with Gasteiger partial charge < -0.3 is 5.73 Å². The number of halogens is 6. The Morgan fingerprint density at radius 2 is 1.35 bits per heavy atom. The molecule has 1 aromatic heterocycles. The molecule has 0 aliphatic carbocycles. The van der Waals surface area contributed by atoms with Crippen LogP contribution in [0.1, 0.15) is 20.7 Å². The number of amides is 2. The second kappa shape index (κ2) is 6.91. The van der Waals surface area contributed by atoms with Gasteiger partial charge in [0.05, 0.1) is 6.54 Å². The summed E-state index contributed by atoms with van der Waals surface area (Å²) in [6, 6.07) is 14.6. The minimum Gasteiger partial charge on any atom is -0.398 e. The number of hydrogen-bond donors (Lipinski definition) is 1. The summed E-state index contributed by atoms with van der Waals surface area (Å²) in [7, 11) is -10.7. The Bertz CT molecular complexity index is 1150. The number of imide groups is 1. The first-order valence-corrected chi connectivity index (χ1v) is 10.8. The molecule has 2 N–H and O–H groups in total. The molecule has 166 valence electrons. The molecule has 0 atom stereocenters. The van der Waals surface area contributed by atoms with E-state index >= 15 is 0 Å². The largest absolute Gasteiger partial charge is 0.398 e. The van der Waals surface area contributed by atoms with Crippen LogP contribution < -0.4 is 10.3 Å². The average molecular weight is 463 g/mol. The van der Waals surface area contributed by atoms with E-state index in [0.717, 1.165) is 5.39 Å². The first-order chi connectivity index (χ1) is 14.1. The van der Waals surface area contributed by atoms with Crippen molar-refractivity contribution in [1.29, 1.82) is 0 Å². The van der Waals surface area contributed by atoms with Gasteiger partial charge in [-0.1, -0.05) is 18.2 Å². The SMILES string of the molecule is F[P-](F)(F)(F)(F)F.Nc1ccc2c3c(cccc13)C(=O)N(CC[n+]1ccccc1)C2=O. The van der Waals surface area contributed by atoms with Crippen molar-refractivity contribution in [3.05, 3.63) is 72.1 Å². The van der Waals surface area contributed by atoms with Crippen LogP contribution in [0, 0.1) is 0 Å². The molecule has 3 aromatic rings. The van der Waals surface area contributed by atoms with E-state index in [4.69, 9.17) is 5.73 Å². The van der Waals surface area contributed by atoms with Gasteiger partial charge in [-0.15, -0.1) is 0 Å². The van der Waals surface area contributed by atoms with Crippen molar-refractivity contribution in [2.24, 2.45) is 0 Å². The topological polar surface area (TPSA) is 67.3 Å². The number of benzene rings is 2. The van der Waals surface area contributed by atoms with E-state index in [9.17, 15) is 34.8 Å². The Morgan fingerprint density at radius 3 is 1.94 bits per heavy atom. The van der Waals surface area contributed by atoms with Crippen LogP contribution in [-0.2, 0) is 6.54 Å². The first-order valence-electron chi connectivity index (χ1n) is 8.80. The van der Waals surface area contributed by atoms with Gasteiger partial charge >= 0.3 is 33.0 Å². The summed E-state index contributed by atoms with van der Waals surface area (Å²) in [5.41, 5.74) is 7.64. The summed E-state index contributed by atoms with van der Waals surface area (Å²) in [5.74, 6) is -0.527. The van der Waals surface area contributed by atoms with E-state index in [2.05, 4.69) is 0 Å². The molecular formula is C19H16F6N3O2P. The molecule has 0 fully saturated rings. The third-order valence-electron chi connectivity index (χ3n) is 4.38. The zero-order valence-electron chi connectivity index (χ0n) is 15.7. The monoisotopic (exact) mass is 463 g/mol. The maximum atomic E-state index is 12.8. The van der Waals surface area contributed by atoms with Crippen molar-refractivity contribution in [2.75, 3.05) is 12.3 Å². The number of nitrogens with two attached hydrogens (primary N) is 1. The molecule has 31 heavy (non-hydrogen) atoms. The van der Waals surface area contributed by atoms with Crippen molar-refractivity contribution >= 4 is 36.1 Å². The molecule has 0 radical (unpaired) electrons. The van der Waals surface area contributed by atoms with Crippen LogP contribution in [0.2, 0.25) is 0 Å². The van der Waals surface area contributed by atoms with Crippen LogP contribution >= 0.6 is 7.81 Å². The van der Waals surface area contributed by atoms with Crippen LogP contribution in [0.25, 0.3) is 10.8 Å². The van der Waals surface area contributed by atoms with Gasteiger partial charge in [-0.05, 0) is 18.2 Å². The van der Waals surface area contributed by atoms with Gasteiger partial charge in [0.15, 0.2) is 18.9 Å². The molecule has 2 aromatic carbocycles. The molecule has 4 rings (SSSR count). The summed E-state index contributed by atoms with van der Waals surface area (Å²) >= 11 is 0. The molecule has 12 heteroatoms. The van der Waals surface area contributed by atoms with Gasteiger partial charge in [0.25, 0.3) is 11.8 Å². The number of carbonyl (C=O) groups is 2. The third-order valence-corrected chi connectivity index (χ3v) is 4.38. The molecule has 1 aliphatic heterocycles. The van der Waals surface area contributed by atoms with Crippen LogP contribution in [-0.4, -0.2) is 23.3 Å². The van der Waals surface area contributed by atoms with Crippen LogP contribution in [0.5, 0.6) is 0 Å². The summed E-state index contributed by atoms with van der Waals surface area (Å²) in [5, 5.41) is 1.42. The zero-order valence-corrected chi connectivity index (χ0v) is 16.6.